The van der Waals surface area contributed by atoms with Gasteiger partial charge in [0.15, 0.2) is 0 Å². The van der Waals surface area contributed by atoms with E-state index in [1.807, 2.05) is 49.1 Å². The van der Waals surface area contributed by atoms with Gasteiger partial charge in [0.1, 0.15) is 0 Å². The van der Waals surface area contributed by atoms with Crippen molar-refractivity contribution in [2.24, 2.45) is 0 Å². The predicted octanol–water partition coefficient (Wildman–Crippen LogP) is 17.5. The van der Waals surface area contributed by atoms with Crippen LogP contribution in [0.4, 0.5) is 0 Å². The van der Waals surface area contributed by atoms with Gasteiger partial charge in [-0.25, -0.2) is 0 Å². The van der Waals surface area contributed by atoms with Crippen molar-refractivity contribution in [2.45, 2.75) is 229 Å². The molecule has 0 aliphatic heterocycles. The molecule has 0 aromatic carbocycles. The van der Waals surface area contributed by atoms with Gasteiger partial charge in [0, 0.05) is 24.8 Å². The van der Waals surface area contributed by atoms with E-state index in [4.69, 9.17) is 0 Å². The van der Waals surface area contributed by atoms with Crippen molar-refractivity contribution in [3.63, 3.8) is 0 Å². The van der Waals surface area contributed by atoms with Gasteiger partial charge in [0.2, 0.25) is 0 Å². The summed E-state index contributed by atoms with van der Waals surface area (Å²) in [5, 5.41) is 1.55. The Hall–Kier alpha value is -0.641. The van der Waals surface area contributed by atoms with E-state index in [9.17, 15) is 0 Å². The summed E-state index contributed by atoms with van der Waals surface area (Å²) in [4.78, 5) is 18.5. The Morgan fingerprint density at radius 1 is 0.300 bits per heavy atom. The fraction of sp³-hybridized carbons (Fsp3) is 0.600. The number of hydrogen-bond donors (Lipinski definition) is 0. The van der Waals surface area contributed by atoms with Crippen LogP contribution in [0.1, 0.15) is 186 Å². The fourth-order valence-electron chi connectivity index (χ4n) is 10.9. The molecule has 4 aliphatic carbocycles. The second-order valence-electron chi connectivity index (χ2n) is 22.7. The van der Waals surface area contributed by atoms with Crippen LogP contribution < -0.4 is 21.7 Å². The summed E-state index contributed by atoms with van der Waals surface area (Å²) in [6, 6.07) is 25.6. The number of hydrogen-bond acceptors (Lipinski definition) is 4. The Labute approximate surface area is 460 Å². The minimum absolute atomic E-state index is 0. The molecule has 4 aliphatic rings. The van der Waals surface area contributed by atoms with Crippen LogP contribution in [0.5, 0.6) is 0 Å². The first-order valence-electron chi connectivity index (χ1n) is 25.2. The summed E-state index contributed by atoms with van der Waals surface area (Å²) < 4.78 is 0. The molecule has 0 amide bonds. The van der Waals surface area contributed by atoms with Gasteiger partial charge < -0.3 is 29.7 Å². The molecule has 4 aromatic rings. The van der Waals surface area contributed by atoms with E-state index in [0.29, 0.717) is 20.6 Å². The molecule has 0 saturated heterocycles. The summed E-state index contributed by atoms with van der Waals surface area (Å²) in [5.41, 5.74) is 9.06. The van der Waals surface area contributed by atoms with Crippen molar-refractivity contribution in [2.75, 3.05) is 0 Å². The molecular formula is C60H100Fe2N4P4. The van der Waals surface area contributed by atoms with Crippen LogP contribution in [-0.2, 0) is 34.1 Å². The van der Waals surface area contributed by atoms with Crippen molar-refractivity contribution >= 4 is 53.4 Å². The molecule has 4 heterocycles. The largest absolute Gasteiger partial charge is 2.00 e. The van der Waals surface area contributed by atoms with Crippen LogP contribution in [0.3, 0.4) is 0 Å². The SMILES string of the molecule is CC(C)(C)[P@@](c1ccccn1)C1CCCC1.CC(C)(C)[P@@](c1ccccn1)C1CCCC1.CC(C)(C)[P@@](c1ccccn1)C1CCCC1.CC(C)(C)[P@](c1ccccn1)C1CCCC1.[CH3-].[CH3-].[CH3-].[CH3-].[Fe+2].[Fe+2]. The van der Waals surface area contributed by atoms with Crippen LogP contribution >= 0.6 is 31.7 Å². The van der Waals surface area contributed by atoms with Crippen molar-refractivity contribution in [1.29, 1.82) is 0 Å². The van der Waals surface area contributed by atoms with Crippen molar-refractivity contribution in [3.05, 3.63) is 127 Å². The summed E-state index contributed by atoms with van der Waals surface area (Å²) in [6.07, 6.45) is 30.5. The molecule has 396 valence electrons. The molecule has 70 heavy (non-hydrogen) atoms. The Morgan fingerprint density at radius 3 is 0.571 bits per heavy atom. The van der Waals surface area contributed by atoms with Gasteiger partial charge in [-0.05, 0) is 175 Å². The molecule has 0 bridgehead atoms. The van der Waals surface area contributed by atoms with E-state index in [1.54, 1.807) is 0 Å². The molecule has 8 rings (SSSR count). The first kappa shape index (κ1) is 71.4. The van der Waals surface area contributed by atoms with E-state index < -0.39 is 0 Å². The van der Waals surface area contributed by atoms with Crippen LogP contribution in [0, 0.1) is 29.7 Å². The van der Waals surface area contributed by atoms with Gasteiger partial charge >= 0.3 is 34.1 Å². The molecule has 0 N–H and O–H groups in total. The van der Waals surface area contributed by atoms with Crippen molar-refractivity contribution in [1.82, 2.24) is 19.9 Å². The smallest absolute Gasteiger partial charge is 0.358 e. The predicted molar refractivity (Wildman–Crippen MR) is 317 cm³/mol. The third-order valence-electron chi connectivity index (χ3n) is 13.2. The first-order valence-corrected chi connectivity index (χ1v) is 30.8. The van der Waals surface area contributed by atoms with Crippen LogP contribution in [0.25, 0.3) is 0 Å². The van der Waals surface area contributed by atoms with Crippen LogP contribution in [0.15, 0.2) is 97.6 Å². The van der Waals surface area contributed by atoms with E-state index in [0.717, 1.165) is 22.6 Å². The van der Waals surface area contributed by atoms with E-state index in [-0.39, 0.29) is 95.5 Å². The Balaban J connectivity index is 0. The molecule has 4 saturated carbocycles. The Kier molecular flexibility index (Phi) is 34.8. The maximum Gasteiger partial charge on any atom is 2.00 e. The topological polar surface area (TPSA) is 51.6 Å². The number of rotatable bonds is 8. The Bertz CT molecular complexity index is 1580. The molecule has 10 heteroatoms. The van der Waals surface area contributed by atoms with Gasteiger partial charge in [0.05, 0.1) is 21.7 Å². The Morgan fingerprint density at radius 2 is 0.457 bits per heavy atom. The van der Waals surface area contributed by atoms with Gasteiger partial charge in [-0.1, -0.05) is 159 Å². The molecule has 4 fully saturated rings. The summed E-state index contributed by atoms with van der Waals surface area (Å²) in [5.74, 6) is 0. The molecule has 4 nitrogen and oxygen atoms in total. The zero-order chi connectivity index (χ0) is 46.4. The average Bonchev–Trinajstić information content (AvgIpc) is 4.10. The van der Waals surface area contributed by atoms with Gasteiger partial charge in [0.25, 0.3) is 0 Å². The van der Waals surface area contributed by atoms with E-state index in [1.165, 1.54) is 124 Å². The minimum Gasteiger partial charge on any atom is -0.358 e. The zero-order valence-electron chi connectivity index (χ0n) is 47.1. The average molecular weight is 1110 g/mol. The van der Waals surface area contributed by atoms with Crippen LogP contribution in [0.2, 0.25) is 0 Å². The van der Waals surface area contributed by atoms with Crippen molar-refractivity contribution < 1.29 is 34.1 Å². The summed E-state index contributed by atoms with van der Waals surface area (Å²) in [7, 11) is -0.436. The van der Waals surface area contributed by atoms with Gasteiger partial charge in [-0.2, -0.15) is 0 Å². The molecule has 4 aromatic heterocycles. The molecule has 0 unspecified atom stereocenters. The third kappa shape index (κ3) is 22.3. The normalized spacial score (nSPS) is 18.2. The van der Waals surface area contributed by atoms with Crippen LogP contribution in [-0.4, -0.2) is 63.2 Å². The number of nitrogens with zero attached hydrogens (tertiary/aromatic N) is 4. The number of pyridine rings is 4. The summed E-state index contributed by atoms with van der Waals surface area (Å²) >= 11 is 0. The molecule has 0 radical (unpaired) electrons. The minimum atomic E-state index is -0.109. The molecular weight excluding hydrogens is 1010 g/mol. The third-order valence-corrected chi connectivity index (χ3v) is 27.0. The standard InChI is InChI=1S/4C14H22NP.4CH3.2Fe/c4*1-14(2,3)16(12-8-4-5-9-12)13-10-6-7-11-15-13;;;;;;/h4*6-7,10-12H,4-5,8-9H2,1-3H3;4*1H3;;/q;;;;4*-1;2*+2/t4*16-;;;;;;/m1110....../s1. The van der Waals surface area contributed by atoms with E-state index in [2.05, 4.69) is 152 Å². The molecule has 0 spiro atoms. The first-order chi connectivity index (χ1) is 30.4. The maximum atomic E-state index is 4.62. The quantitative estimate of drug-likeness (QED) is 0.100. The van der Waals surface area contributed by atoms with E-state index >= 15 is 0 Å². The molecule has 4 atom stereocenters. The van der Waals surface area contributed by atoms with Crippen molar-refractivity contribution in [3.8, 4) is 0 Å². The second-order valence-corrected chi connectivity index (χ2v) is 35.7. The van der Waals surface area contributed by atoms with Gasteiger partial charge in [-0.15, -0.1) is 0 Å². The summed E-state index contributed by atoms with van der Waals surface area (Å²) in [6.45, 7) is 28.6. The van der Waals surface area contributed by atoms with Gasteiger partial charge in [-0.3, -0.25) is 19.9 Å². The maximum absolute atomic E-state index is 4.62. The second kappa shape index (κ2) is 34.1. The number of aromatic nitrogens is 4. The zero-order valence-corrected chi connectivity index (χ0v) is 52.9. The fourth-order valence-corrected chi connectivity index (χ4v) is 24.9. The monoisotopic (exact) mass is 1110 g/mol.